The van der Waals surface area contributed by atoms with Gasteiger partial charge in [0.05, 0.1) is 22.0 Å². The predicted octanol–water partition coefficient (Wildman–Crippen LogP) is 0.791. The van der Waals surface area contributed by atoms with Crippen molar-refractivity contribution >= 4 is 17.1 Å². The first-order valence-electron chi connectivity index (χ1n) is 3.34. The minimum atomic E-state index is -0.901. The fourth-order valence-corrected chi connectivity index (χ4v) is 0.865. The highest BCUT2D eigenvalue weighted by Crippen LogP contribution is 2.34. The molecular weight excluding hydrogens is 194 g/mol. The van der Waals surface area contributed by atoms with Gasteiger partial charge >= 0.3 is 5.69 Å². The van der Waals surface area contributed by atoms with Crippen LogP contribution in [0.4, 0.5) is 17.1 Å². The van der Waals surface area contributed by atoms with E-state index in [-0.39, 0.29) is 0 Å². The molecule has 0 aliphatic carbocycles. The smallest absolute Gasteiger partial charge is 0.302 e. The summed E-state index contributed by atoms with van der Waals surface area (Å²) in [6, 6.07) is 1.44. The van der Waals surface area contributed by atoms with Crippen LogP contribution >= 0.6 is 0 Å². The van der Waals surface area contributed by atoms with Gasteiger partial charge in [-0.15, -0.1) is 0 Å². The van der Waals surface area contributed by atoms with Gasteiger partial charge in [-0.05, 0) is 0 Å². The molecule has 1 aromatic rings. The second-order valence-electron chi connectivity index (χ2n) is 2.41. The van der Waals surface area contributed by atoms with Crippen molar-refractivity contribution in [2.24, 2.45) is 0 Å². The predicted molar refractivity (Wildman–Crippen MR) is 45.8 cm³/mol. The summed E-state index contributed by atoms with van der Waals surface area (Å²) in [5.41, 5.74) is 3.39. The van der Waals surface area contributed by atoms with Crippen LogP contribution in [-0.4, -0.2) is 15.0 Å². The number of nitrogens with two attached hydrogens (primary N) is 1. The van der Waals surface area contributed by atoms with Crippen LogP contribution in [0.25, 0.3) is 0 Å². The molecule has 0 radical (unpaired) electrons. The lowest BCUT2D eigenvalue weighted by atomic mass is 10.2. The Labute approximate surface area is 76.9 Å². The molecule has 8 heteroatoms. The Morgan fingerprint density at radius 3 is 2.21 bits per heavy atom. The topological polar surface area (TPSA) is 133 Å². The second-order valence-corrected chi connectivity index (χ2v) is 2.41. The SMILES string of the molecule is Nc1c(O)cc([N+](=O)[O-])cc1[N+](=O)[O-]. The van der Waals surface area contributed by atoms with Gasteiger partial charge in [0.25, 0.3) is 5.69 Å². The van der Waals surface area contributed by atoms with Crippen molar-refractivity contribution < 1.29 is 15.0 Å². The van der Waals surface area contributed by atoms with E-state index in [4.69, 9.17) is 10.8 Å². The van der Waals surface area contributed by atoms with Gasteiger partial charge in [0.1, 0.15) is 0 Å². The molecule has 74 valence electrons. The van der Waals surface area contributed by atoms with E-state index in [0.29, 0.717) is 6.07 Å². The van der Waals surface area contributed by atoms with E-state index in [2.05, 4.69) is 0 Å². The number of rotatable bonds is 2. The van der Waals surface area contributed by atoms with Gasteiger partial charge in [-0.1, -0.05) is 0 Å². The van der Waals surface area contributed by atoms with Gasteiger partial charge in [-0.2, -0.15) is 0 Å². The normalized spacial score (nSPS) is 9.71. The number of nitrogen functional groups attached to an aromatic ring is 1. The van der Waals surface area contributed by atoms with Crippen LogP contribution in [0.1, 0.15) is 0 Å². The van der Waals surface area contributed by atoms with Gasteiger partial charge in [-0.25, -0.2) is 0 Å². The Kier molecular flexibility index (Phi) is 2.19. The number of anilines is 1. The number of nitro benzene ring substituents is 2. The van der Waals surface area contributed by atoms with Crippen molar-refractivity contribution in [1.82, 2.24) is 0 Å². The van der Waals surface area contributed by atoms with E-state index in [9.17, 15) is 20.2 Å². The zero-order valence-electron chi connectivity index (χ0n) is 6.71. The fraction of sp³-hybridized carbons (Fsp3) is 0. The number of phenolic OH excluding ortho intramolecular Hbond substituents is 1. The lowest BCUT2D eigenvalue weighted by molar-refractivity contribution is -0.393. The number of non-ortho nitro benzene ring substituents is 1. The molecule has 0 aromatic heterocycles. The number of aromatic hydroxyl groups is 1. The Balaban J connectivity index is 3.43. The van der Waals surface area contributed by atoms with Gasteiger partial charge in [0, 0.05) is 0 Å². The highest BCUT2D eigenvalue weighted by Gasteiger charge is 2.21. The Morgan fingerprint density at radius 2 is 1.79 bits per heavy atom. The van der Waals surface area contributed by atoms with E-state index in [0.717, 1.165) is 6.07 Å². The molecule has 0 heterocycles. The minimum Gasteiger partial charge on any atom is -0.505 e. The molecule has 1 rings (SSSR count). The third-order valence-corrected chi connectivity index (χ3v) is 1.53. The molecule has 1 aromatic carbocycles. The van der Waals surface area contributed by atoms with E-state index < -0.39 is 32.7 Å². The molecule has 0 unspecified atom stereocenters. The Morgan fingerprint density at radius 1 is 1.21 bits per heavy atom. The van der Waals surface area contributed by atoms with E-state index >= 15 is 0 Å². The summed E-state index contributed by atoms with van der Waals surface area (Å²) >= 11 is 0. The molecule has 0 saturated heterocycles. The average molecular weight is 199 g/mol. The molecule has 0 saturated carbocycles. The highest BCUT2D eigenvalue weighted by atomic mass is 16.6. The first-order chi connectivity index (χ1) is 6.43. The van der Waals surface area contributed by atoms with E-state index in [1.165, 1.54) is 0 Å². The van der Waals surface area contributed by atoms with Crippen LogP contribution in [0.15, 0.2) is 12.1 Å². The summed E-state index contributed by atoms with van der Waals surface area (Å²) < 4.78 is 0. The number of hydrogen-bond acceptors (Lipinski definition) is 6. The summed E-state index contributed by atoms with van der Waals surface area (Å²) in [5.74, 6) is -0.675. The van der Waals surface area contributed by atoms with Crippen molar-refractivity contribution in [1.29, 1.82) is 0 Å². The van der Waals surface area contributed by atoms with E-state index in [1.54, 1.807) is 0 Å². The zero-order valence-corrected chi connectivity index (χ0v) is 6.71. The number of nitro groups is 2. The zero-order chi connectivity index (χ0) is 10.9. The third-order valence-electron chi connectivity index (χ3n) is 1.53. The van der Waals surface area contributed by atoms with Crippen LogP contribution < -0.4 is 5.73 Å². The molecule has 0 bridgehead atoms. The summed E-state index contributed by atoms with van der Waals surface area (Å²) in [4.78, 5) is 18.9. The maximum absolute atomic E-state index is 10.3. The van der Waals surface area contributed by atoms with Crippen molar-refractivity contribution in [2.45, 2.75) is 0 Å². The van der Waals surface area contributed by atoms with E-state index in [1.807, 2.05) is 0 Å². The Hall–Kier alpha value is -2.38. The number of nitrogens with zero attached hydrogens (tertiary/aromatic N) is 2. The van der Waals surface area contributed by atoms with Gasteiger partial charge in [0.2, 0.25) is 0 Å². The van der Waals surface area contributed by atoms with Crippen LogP contribution in [0.2, 0.25) is 0 Å². The summed E-state index contributed by atoms with van der Waals surface area (Å²) in [5, 5.41) is 29.7. The molecular formula is C6H5N3O5. The number of phenols is 1. The van der Waals surface area contributed by atoms with Crippen LogP contribution in [0, 0.1) is 20.2 Å². The molecule has 0 aliphatic rings. The first-order valence-corrected chi connectivity index (χ1v) is 3.34. The monoisotopic (exact) mass is 199 g/mol. The average Bonchev–Trinajstić information content (AvgIpc) is 2.08. The largest absolute Gasteiger partial charge is 0.505 e. The second kappa shape index (κ2) is 3.17. The van der Waals surface area contributed by atoms with Crippen LogP contribution in [-0.2, 0) is 0 Å². The lowest BCUT2D eigenvalue weighted by Crippen LogP contribution is -1.98. The van der Waals surface area contributed by atoms with Gasteiger partial charge in [0.15, 0.2) is 11.4 Å². The lowest BCUT2D eigenvalue weighted by Gasteiger charge is -1.99. The van der Waals surface area contributed by atoms with Crippen molar-refractivity contribution in [2.75, 3.05) is 5.73 Å². The van der Waals surface area contributed by atoms with Gasteiger partial charge < -0.3 is 10.8 Å². The van der Waals surface area contributed by atoms with Crippen molar-refractivity contribution in [3.05, 3.63) is 32.4 Å². The maximum Gasteiger partial charge on any atom is 0.302 e. The number of benzene rings is 1. The Bertz CT molecular complexity index is 416. The summed E-state index contributed by atoms with van der Waals surface area (Å²) in [6.45, 7) is 0. The first kappa shape index (κ1) is 9.71. The highest BCUT2D eigenvalue weighted by molar-refractivity contribution is 5.70. The van der Waals surface area contributed by atoms with Crippen LogP contribution in [0.5, 0.6) is 5.75 Å². The molecule has 0 aliphatic heterocycles. The maximum atomic E-state index is 10.3. The molecule has 0 atom stereocenters. The summed E-state index contributed by atoms with van der Waals surface area (Å²) in [7, 11) is 0. The minimum absolute atomic E-state index is 0.486. The molecule has 0 fully saturated rings. The standard InChI is InChI=1S/C6H5N3O5/c7-6-4(9(13)14)1-3(8(11)12)2-5(6)10/h1-2,10H,7H2. The van der Waals surface area contributed by atoms with Crippen molar-refractivity contribution in [3.63, 3.8) is 0 Å². The molecule has 8 nitrogen and oxygen atoms in total. The summed E-state index contributed by atoms with van der Waals surface area (Å²) in [6.07, 6.45) is 0. The van der Waals surface area contributed by atoms with Crippen LogP contribution in [0.3, 0.4) is 0 Å². The molecule has 0 amide bonds. The van der Waals surface area contributed by atoms with Crippen molar-refractivity contribution in [3.8, 4) is 5.75 Å². The van der Waals surface area contributed by atoms with Gasteiger partial charge in [-0.3, -0.25) is 20.2 Å². The molecule has 3 N–H and O–H groups in total. The third kappa shape index (κ3) is 1.53. The number of hydrogen-bond donors (Lipinski definition) is 2. The quantitative estimate of drug-likeness (QED) is 0.313. The fourth-order valence-electron chi connectivity index (χ4n) is 0.865. The molecule has 14 heavy (non-hydrogen) atoms. The molecule has 0 spiro atoms.